The number of carbonyl (C=O) groups is 2. The number of phosphoric ester groups is 1. The fourth-order valence-electron chi connectivity index (χ4n) is 6.57. The Balaban J connectivity index is 4.11. The van der Waals surface area contributed by atoms with Crippen molar-refractivity contribution in [3.05, 3.63) is 24.3 Å². The zero-order valence-electron chi connectivity index (χ0n) is 36.4. The predicted octanol–water partition coefficient (Wildman–Crippen LogP) is 13.6. The molecule has 0 aromatic rings. The number of nitrogens with two attached hydrogens (primary N) is 1. The standard InChI is InChI=1S/C46H88NO8P/c1-3-5-7-9-11-13-15-17-19-21-23-25-27-29-31-33-35-37-39-46(49)55-44(43-54-56(50,51)53-41-40-47)42-52-45(48)38-36-34-32-30-28-26-24-22-20-18-16-14-12-10-8-6-4-2/h18-21,44H,3-17,22-43,47H2,1-2H3,(H,50,51)/b20-18-,21-19-. The summed E-state index contributed by atoms with van der Waals surface area (Å²) in [6, 6.07) is 0. The van der Waals surface area contributed by atoms with Crippen LogP contribution in [0, 0.1) is 0 Å². The summed E-state index contributed by atoms with van der Waals surface area (Å²) < 4.78 is 32.8. The first-order valence-corrected chi connectivity index (χ1v) is 24.8. The van der Waals surface area contributed by atoms with E-state index in [4.69, 9.17) is 24.3 Å². The third kappa shape index (κ3) is 42.1. The molecule has 0 fully saturated rings. The van der Waals surface area contributed by atoms with E-state index in [9.17, 15) is 19.0 Å². The van der Waals surface area contributed by atoms with Crippen LogP contribution in [0.3, 0.4) is 0 Å². The van der Waals surface area contributed by atoms with Gasteiger partial charge in [-0.15, -0.1) is 0 Å². The average molecular weight is 814 g/mol. The number of unbranched alkanes of at least 4 members (excludes halogenated alkanes) is 27. The molecule has 0 heterocycles. The first kappa shape index (κ1) is 54.5. The van der Waals surface area contributed by atoms with Crippen molar-refractivity contribution < 1.29 is 37.6 Å². The van der Waals surface area contributed by atoms with Gasteiger partial charge >= 0.3 is 19.8 Å². The average Bonchev–Trinajstić information content (AvgIpc) is 3.18. The van der Waals surface area contributed by atoms with Crippen molar-refractivity contribution in [2.45, 2.75) is 232 Å². The minimum Gasteiger partial charge on any atom is -0.462 e. The van der Waals surface area contributed by atoms with Crippen LogP contribution in [0.15, 0.2) is 24.3 Å². The zero-order chi connectivity index (χ0) is 41.1. The van der Waals surface area contributed by atoms with E-state index in [-0.39, 0.29) is 38.6 Å². The molecule has 0 saturated heterocycles. The van der Waals surface area contributed by atoms with Gasteiger partial charge in [0.05, 0.1) is 13.2 Å². The number of ether oxygens (including phenoxy) is 2. The Hall–Kier alpha value is -1.51. The molecule has 0 saturated carbocycles. The summed E-state index contributed by atoms with van der Waals surface area (Å²) >= 11 is 0. The van der Waals surface area contributed by atoms with E-state index in [2.05, 4.69) is 38.2 Å². The number of hydrogen-bond acceptors (Lipinski definition) is 8. The zero-order valence-corrected chi connectivity index (χ0v) is 37.3. The molecule has 2 atom stereocenters. The molecule has 0 aliphatic rings. The largest absolute Gasteiger partial charge is 0.472 e. The molecule has 10 heteroatoms. The van der Waals surface area contributed by atoms with E-state index < -0.39 is 26.5 Å². The molecule has 330 valence electrons. The second-order valence-corrected chi connectivity index (χ2v) is 17.1. The van der Waals surface area contributed by atoms with Crippen LogP contribution in [0.25, 0.3) is 0 Å². The monoisotopic (exact) mass is 814 g/mol. The van der Waals surface area contributed by atoms with E-state index in [0.29, 0.717) is 6.42 Å². The molecule has 0 aliphatic heterocycles. The number of hydrogen-bond donors (Lipinski definition) is 2. The Bertz CT molecular complexity index is 975. The van der Waals surface area contributed by atoms with E-state index in [1.54, 1.807) is 0 Å². The minimum absolute atomic E-state index is 0.0533. The summed E-state index contributed by atoms with van der Waals surface area (Å²) in [5.41, 5.74) is 5.35. The molecule has 2 unspecified atom stereocenters. The highest BCUT2D eigenvalue weighted by atomic mass is 31.2. The second kappa shape index (κ2) is 43.1. The second-order valence-electron chi connectivity index (χ2n) is 15.6. The lowest BCUT2D eigenvalue weighted by Gasteiger charge is -2.19. The smallest absolute Gasteiger partial charge is 0.462 e. The van der Waals surface area contributed by atoms with E-state index in [0.717, 1.165) is 57.8 Å². The molecule has 0 radical (unpaired) electrons. The maximum Gasteiger partial charge on any atom is 0.472 e. The van der Waals surface area contributed by atoms with Crippen LogP contribution < -0.4 is 5.73 Å². The maximum atomic E-state index is 12.6. The lowest BCUT2D eigenvalue weighted by Crippen LogP contribution is -2.29. The number of rotatable bonds is 44. The molecule has 0 aliphatic carbocycles. The Morgan fingerprint density at radius 1 is 0.518 bits per heavy atom. The maximum absolute atomic E-state index is 12.6. The van der Waals surface area contributed by atoms with Gasteiger partial charge in [0.2, 0.25) is 0 Å². The van der Waals surface area contributed by atoms with Crippen molar-refractivity contribution in [2.24, 2.45) is 5.73 Å². The van der Waals surface area contributed by atoms with Crippen LogP contribution in [0.1, 0.15) is 226 Å². The van der Waals surface area contributed by atoms with Crippen molar-refractivity contribution in [2.75, 3.05) is 26.4 Å². The van der Waals surface area contributed by atoms with Gasteiger partial charge in [0.1, 0.15) is 6.61 Å². The molecule has 0 aromatic carbocycles. The third-order valence-corrected chi connectivity index (χ3v) is 11.0. The Morgan fingerprint density at radius 3 is 1.27 bits per heavy atom. The molecule has 0 amide bonds. The van der Waals surface area contributed by atoms with E-state index in [1.807, 2.05) is 0 Å². The fraction of sp³-hybridized carbons (Fsp3) is 0.870. The number of carbonyl (C=O) groups excluding carboxylic acids is 2. The molecular formula is C46H88NO8P. The van der Waals surface area contributed by atoms with Crippen LogP contribution in [-0.2, 0) is 32.7 Å². The van der Waals surface area contributed by atoms with Crippen LogP contribution in [0.5, 0.6) is 0 Å². The predicted molar refractivity (Wildman–Crippen MR) is 234 cm³/mol. The van der Waals surface area contributed by atoms with Gasteiger partial charge in [0, 0.05) is 19.4 Å². The van der Waals surface area contributed by atoms with Crippen molar-refractivity contribution in [3.8, 4) is 0 Å². The van der Waals surface area contributed by atoms with E-state index >= 15 is 0 Å². The minimum atomic E-state index is -4.38. The van der Waals surface area contributed by atoms with Crippen molar-refractivity contribution in [3.63, 3.8) is 0 Å². The normalized spacial score (nSPS) is 13.4. The van der Waals surface area contributed by atoms with Crippen LogP contribution in [0.4, 0.5) is 0 Å². The molecule has 3 N–H and O–H groups in total. The molecule has 0 spiro atoms. The van der Waals surface area contributed by atoms with Gasteiger partial charge in [0.15, 0.2) is 6.10 Å². The molecule has 0 bridgehead atoms. The first-order valence-electron chi connectivity index (χ1n) is 23.3. The quantitative estimate of drug-likeness (QED) is 0.0267. The first-order chi connectivity index (χ1) is 27.3. The van der Waals surface area contributed by atoms with Gasteiger partial charge < -0.3 is 20.1 Å². The molecular weight excluding hydrogens is 725 g/mol. The van der Waals surface area contributed by atoms with Gasteiger partial charge in [-0.25, -0.2) is 4.57 Å². The molecule has 56 heavy (non-hydrogen) atoms. The van der Waals surface area contributed by atoms with Crippen LogP contribution >= 0.6 is 7.82 Å². The summed E-state index contributed by atoms with van der Waals surface area (Å²) in [4.78, 5) is 34.9. The van der Waals surface area contributed by atoms with Gasteiger partial charge in [0.25, 0.3) is 0 Å². The topological polar surface area (TPSA) is 134 Å². The summed E-state index contributed by atoms with van der Waals surface area (Å²) in [7, 11) is -4.38. The van der Waals surface area contributed by atoms with Crippen LogP contribution in [0.2, 0.25) is 0 Å². The number of allylic oxidation sites excluding steroid dienone is 4. The summed E-state index contributed by atoms with van der Waals surface area (Å²) in [5, 5.41) is 0. The SMILES string of the molecule is CCCCCCCC/C=C\CCCCCCCCCC(=O)OCC(COP(=O)(O)OCCN)OC(=O)CCCCCCCCC/C=C\CCCCCCCCC. The fourth-order valence-corrected chi connectivity index (χ4v) is 7.33. The van der Waals surface area contributed by atoms with Crippen molar-refractivity contribution in [1.29, 1.82) is 0 Å². The highest BCUT2D eigenvalue weighted by molar-refractivity contribution is 7.47. The Morgan fingerprint density at radius 2 is 0.875 bits per heavy atom. The van der Waals surface area contributed by atoms with Gasteiger partial charge in [-0.2, -0.15) is 0 Å². The summed E-state index contributed by atoms with van der Waals surface area (Å²) in [6.07, 6.45) is 46.3. The Labute approximate surface area is 344 Å². The van der Waals surface area contributed by atoms with Crippen LogP contribution in [-0.4, -0.2) is 49.3 Å². The van der Waals surface area contributed by atoms with Gasteiger partial charge in [-0.05, 0) is 64.2 Å². The number of phosphoric acid groups is 1. The van der Waals surface area contributed by atoms with Crippen molar-refractivity contribution >= 4 is 19.8 Å². The highest BCUT2D eigenvalue weighted by Gasteiger charge is 2.26. The molecule has 9 nitrogen and oxygen atoms in total. The van der Waals surface area contributed by atoms with Crippen molar-refractivity contribution in [1.82, 2.24) is 0 Å². The Kier molecular flexibility index (Phi) is 41.9. The highest BCUT2D eigenvalue weighted by Crippen LogP contribution is 2.43. The lowest BCUT2D eigenvalue weighted by molar-refractivity contribution is -0.161. The summed E-state index contributed by atoms with van der Waals surface area (Å²) in [5.74, 6) is -0.831. The molecule has 0 rings (SSSR count). The lowest BCUT2D eigenvalue weighted by atomic mass is 10.1. The summed E-state index contributed by atoms with van der Waals surface area (Å²) in [6.45, 7) is 3.74. The molecule has 0 aromatic heterocycles. The van der Waals surface area contributed by atoms with Gasteiger partial charge in [-0.1, -0.05) is 173 Å². The third-order valence-electron chi connectivity index (χ3n) is 10.1. The number of esters is 2. The van der Waals surface area contributed by atoms with E-state index in [1.165, 1.54) is 135 Å². The van der Waals surface area contributed by atoms with Gasteiger partial charge in [-0.3, -0.25) is 18.6 Å².